The van der Waals surface area contributed by atoms with Crippen LogP contribution in [0.5, 0.6) is 5.88 Å². The second-order valence-corrected chi connectivity index (χ2v) is 10.4. The maximum atomic E-state index is 13.7. The molecule has 0 bridgehead atoms. The van der Waals surface area contributed by atoms with E-state index in [-0.39, 0.29) is 29.2 Å². The maximum absolute atomic E-state index is 13.7. The quantitative estimate of drug-likeness (QED) is 0.503. The van der Waals surface area contributed by atoms with Crippen LogP contribution in [-0.4, -0.2) is 58.8 Å². The Hall–Kier alpha value is -2.74. The van der Waals surface area contributed by atoms with Crippen LogP contribution in [0.2, 0.25) is 0 Å². The van der Waals surface area contributed by atoms with E-state index in [1.807, 2.05) is 6.08 Å². The Bertz CT molecular complexity index is 1080. The van der Waals surface area contributed by atoms with E-state index in [0.29, 0.717) is 61.2 Å². The van der Waals surface area contributed by atoms with Gasteiger partial charge in [-0.25, -0.2) is 4.98 Å². The Kier molecular flexibility index (Phi) is 6.66. The number of aromatic nitrogens is 2. The van der Waals surface area contributed by atoms with Crippen LogP contribution >= 0.6 is 0 Å². The molecular weight excluding hydrogens is 444 g/mol. The molecule has 1 saturated heterocycles. The highest BCUT2D eigenvalue weighted by Crippen LogP contribution is 2.45. The molecule has 1 aromatic heterocycles. The number of nitrogens with zero attached hydrogens (tertiary/aromatic N) is 3. The average molecular weight is 481 g/mol. The number of likely N-dealkylation sites (tertiary alicyclic amines) is 1. The number of allylic oxidation sites excluding steroid dienone is 1. The molecular formula is C27H36N4O4. The van der Waals surface area contributed by atoms with Crippen LogP contribution in [0.4, 0.5) is 0 Å². The van der Waals surface area contributed by atoms with Crippen molar-refractivity contribution in [3.05, 3.63) is 29.2 Å². The van der Waals surface area contributed by atoms with E-state index >= 15 is 0 Å². The zero-order chi connectivity index (χ0) is 24.6. The van der Waals surface area contributed by atoms with E-state index in [9.17, 15) is 9.59 Å². The highest BCUT2D eigenvalue weighted by Gasteiger charge is 2.49. The van der Waals surface area contributed by atoms with Crippen molar-refractivity contribution in [1.82, 2.24) is 14.9 Å². The van der Waals surface area contributed by atoms with Crippen molar-refractivity contribution >= 4 is 23.0 Å². The lowest BCUT2D eigenvalue weighted by Gasteiger charge is -2.38. The molecule has 0 radical (unpaired) electrons. The van der Waals surface area contributed by atoms with Gasteiger partial charge in [-0.3, -0.25) is 14.5 Å². The third-order valence-electron chi connectivity index (χ3n) is 8.18. The number of carbonyl (C=O) groups is 2. The fourth-order valence-electron chi connectivity index (χ4n) is 6.20. The molecule has 35 heavy (non-hydrogen) atoms. The van der Waals surface area contributed by atoms with Crippen molar-refractivity contribution in [2.24, 2.45) is 11.1 Å². The summed E-state index contributed by atoms with van der Waals surface area (Å²) >= 11 is 0. The van der Waals surface area contributed by atoms with Crippen molar-refractivity contribution in [2.75, 3.05) is 20.2 Å². The lowest BCUT2D eigenvalue weighted by molar-refractivity contribution is -0.143. The molecule has 3 fully saturated rings. The molecule has 4 aliphatic rings. The van der Waals surface area contributed by atoms with Gasteiger partial charge < -0.3 is 15.2 Å². The first-order valence-electron chi connectivity index (χ1n) is 13.1. The summed E-state index contributed by atoms with van der Waals surface area (Å²) in [5.41, 5.74) is 7.04. The molecule has 3 atom stereocenters. The molecule has 1 spiro atoms. The van der Waals surface area contributed by atoms with Crippen LogP contribution in [0.3, 0.4) is 0 Å². The van der Waals surface area contributed by atoms with Gasteiger partial charge in [0.1, 0.15) is 23.3 Å². The van der Waals surface area contributed by atoms with E-state index in [4.69, 9.17) is 15.2 Å². The number of rotatable bonds is 5. The van der Waals surface area contributed by atoms with Gasteiger partial charge in [-0.05, 0) is 71.5 Å². The second-order valence-electron chi connectivity index (χ2n) is 10.4. The minimum Gasteiger partial charge on any atom is -0.491 e. The van der Waals surface area contributed by atoms with Gasteiger partial charge in [0, 0.05) is 30.5 Å². The Morgan fingerprint density at radius 1 is 1.20 bits per heavy atom. The first-order chi connectivity index (χ1) is 16.9. The third kappa shape index (κ3) is 4.48. The van der Waals surface area contributed by atoms with Crippen molar-refractivity contribution in [3.63, 3.8) is 0 Å². The minimum atomic E-state index is -0.911. The van der Waals surface area contributed by atoms with E-state index in [1.54, 1.807) is 6.07 Å². The van der Waals surface area contributed by atoms with Crippen LogP contribution in [0.25, 0.3) is 11.5 Å². The first-order valence-corrected chi connectivity index (χ1v) is 13.1. The molecule has 0 unspecified atom stereocenters. The molecule has 0 amide bonds. The van der Waals surface area contributed by atoms with E-state index in [1.165, 1.54) is 0 Å². The molecule has 2 N–H and O–H groups in total. The summed E-state index contributed by atoms with van der Waals surface area (Å²) in [6, 6.07) is 2.10. The summed E-state index contributed by atoms with van der Waals surface area (Å²) in [6.45, 7) is 3.72. The van der Waals surface area contributed by atoms with Crippen LogP contribution in [0.15, 0.2) is 17.7 Å². The molecule has 188 valence electrons. The van der Waals surface area contributed by atoms with Gasteiger partial charge in [-0.15, -0.1) is 0 Å². The zero-order valence-corrected chi connectivity index (χ0v) is 20.8. The summed E-state index contributed by atoms with van der Waals surface area (Å²) in [6.07, 6.45) is 9.72. The number of likely N-dealkylation sites (N-methyl/N-ethyl adjacent to an activating group) is 1. The van der Waals surface area contributed by atoms with Crippen molar-refractivity contribution < 1.29 is 19.1 Å². The van der Waals surface area contributed by atoms with Gasteiger partial charge in [0.05, 0.1) is 17.7 Å². The average Bonchev–Trinajstić information content (AvgIpc) is 3.54. The van der Waals surface area contributed by atoms with E-state index in [0.717, 1.165) is 45.1 Å². The zero-order valence-electron chi connectivity index (χ0n) is 20.8. The van der Waals surface area contributed by atoms with Crippen LogP contribution < -0.4 is 10.5 Å². The predicted octanol–water partition coefficient (Wildman–Crippen LogP) is 3.65. The van der Waals surface area contributed by atoms with Crippen molar-refractivity contribution in [1.29, 1.82) is 0 Å². The molecule has 2 saturated carbocycles. The number of hydrogen-bond donors (Lipinski definition) is 1. The number of carbonyl (C=O) groups excluding carboxylic acids is 2. The van der Waals surface area contributed by atoms with Crippen molar-refractivity contribution in [3.8, 4) is 5.88 Å². The number of nitrogens with two attached hydrogens (primary N) is 1. The highest BCUT2D eigenvalue weighted by molar-refractivity contribution is 6.17. The van der Waals surface area contributed by atoms with Gasteiger partial charge in [0.25, 0.3) is 0 Å². The Labute approximate surface area is 207 Å². The SMILES string of the molecule is C[C@H](Oc1cc(C2=CCCO2)nc(C(N)=C2CCC[C@@]3(CCCCC3=O)C2=O)n1)[C@@H]1CCCN1C. The van der Waals surface area contributed by atoms with Gasteiger partial charge >= 0.3 is 0 Å². The van der Waals surface area contributed by atoms with Crippen LogP contribution in [0.1, 0.15) is 82.7 Å². The Morgan fingerprint density at radius 2 is 2.03 bits per heavy atom. The number of ether oxygens (including phenoxy) is 2. The second kappa shape index (κ2) is 9.72. The molecule has 2 aliphatic heterocycles. The van der Waals surface area contributed by atoms with Crippen LogP contribution in [0, 0.1) is 5.41 Å². The smallest absolute Gasteiger partial charge is 0.217 e. The molecule has 0 aromatic carbocycles. The third-order valence-corrected chi connectivity index (χ3v) is 8.18. The lowest BCUT2D eigenvalue weighted by Crippen LogP contribution is -2.45. The molecule has 2 aliphatic carbocycles. The van der Waals surface area contributed by atoms with Crippen LogP contribution in [-0.2, 0) is 14.3 Å². The van der Waals surface area contributed by atoms with E-state index < -0.39 is 5.41 Å². The summed E-state index contributed by atoms with van der Waals surface area (Å²) in [5, 5.41) is 0. The number of ketones is 2. The maximum Gasteiger partial charge on any atom is 0.217 e. The van der Waals surface area contributed by atoms with Gasteiger partial charge in [0.15, 0.2) is 11.6 Å². The number of Topliss-reactive ketones (excluding diaryl/α,β-unsaturated/α-hetero) is 2. The summed E-state index contributed by atoms with van der Waals surface area (Å²) < 4.78 is 12.1. The largest absolute Gasteiger partial charge is 0.491 e. The first kappa shape index (κ1) is 24.0. The highest BCUT2D eigenvalue weighted by atomic mass is 16.5. The Balaban J connectivity index is 1.50. The summed E-state index contributed by atoms with van der Waals surface area (Å²) in [4.78, 5) is 38.2. The minimum absolute atomic E-state index is 0.0649. The summed E-state index contributed by atoms with van der Waals surface area (Å²) in [7, 11) is 2.12. The van der Waals surface area contributed by atoms with Gasteiger partial charge in [0.2, 0.25) is 5.88 Å². The van der Waals surface area contributed by atoms with Gasteiger partial charge in [-0.1, -0.05) is 6.42 Å². The molecule has 3 heterocycles. The number of hydrogen-bond acceptors (Lipinski definition) is 8. The molecule has 5 rings (SSSR count). The monoisotopic (exact) mass is 480 g/mol. The van der Waals surface area contributed by atoms with Gasteiger partial charge in [-0.2, -0.15) is 4.98 Å². The fourth-order valence-corrected chi connectivity index (χ4v) is 6.20. The fraction of sp³-hybridized carbons (Fsp3) is 0.630. The standard InChI is InChI=1S/C27H36N4O4/c1-17(20-9-6-14-31(20)2)35-23-16-19(21-10-7-15-34-21)29-26(30-23)24(28)18-8-5-13-27(25(18)33)12-4-3-11-22(27)32/h10,16-17,20H,3-9,11-15,28H2,1-2H3/t17-,20-,27+/m0/s1. The topological polar surface area (TPSA) is 108 Å². The Morgan fingerprint density at radius 3 is 2.74 bits per heavy atom. The lowest BCUT2D eigenvalue weighted by atomic mass is 9.62. The van der Waals surface area contributed by atoms with E-state index in [2.05, 4.69) is 28.8 Å². The van der Waals surface area contributed by atoms with Crippen molar-refractivity contribution in [2.45, 2.75) is 83.3 Å². The molecule has 8 nitrogen and oxygen atoms in total. The summed E-state index contributed by atoms with van der Waals surface area (Å²) in [5.74, 6) is 1.31. The molecule has 8 heteroatoms. The predicted molar refractivity (Wildman–Crippen MR) is 132 cm³/mol. The molecule has 1 aromatic rings. The normalized spacial score (nSPS) is 29.8.